The minimum Gasteiger partial charge on any atom is -0.306 e. The first-order valence-electron chi connectivity index (χ1n) is 9.69. The van der Waals surface area contributed by atoms with E-state index in [4.69, 9.17) is 9.97 Å². The summed E-state index contributed by atoms with van der Waals surface area (Å²) >= 11 is 0. The molecule has 3 heteroatoms. The summed E-state index contributed by atoms with van der Waals surface area (Å²) in [7, 11) is 0. The molecule has 0 saturated carbocycles. The van der Waals surface area contributed by atoms with E-state index in [-0.39, 0.29) is 0 Å². The van der Waals surface area contributed by atoms with Gasteiger partial charge in [-0.05, 0) is 35.0 Å². The van der Waals surface area contributed by atoms with Crippen LogP contribution in [0.5, 0.6) is 0 Å². The number of aromatic nitrogens is 3. The number of rotatable bonds is 2. The van der Waals surface area contributed by atoms with E-state index in [1.165, 1.54) is 10.8 Å². The van der Waals surface area contributed by atoms with Crippen LogP contribution in [-0.2, 0) is 0 Å². The van der Waals surface area contributed by atoms with Crippen molar-refractivity contribution in [3.63, 3.8) is 0 Å². The van der Waals surface area contributed by atoms with Crippen LogP contribution in [0.1, 0.15) is 0 Å². The number of benzene rings is 4. The SMILES string of the molecule is c1ccc(-c2ncnc3c4cc5ccccc5cc4n(-c4ccccc4)c23)cc1. The van der Waals surface area contributed by atoms with E-state index in [0.29, 0.717) is 0 Å². The standard InChI is InChI=1S/C26H17N3/c1-3-9-18(10-4-1)24-26-25(28-17-27-24)22-15-19-11-7-8-12-20(19)16-23(22)29(26)21-13-5-2-6-14-21/h1-17H. The second-order valence-electron chi connectivity index (χ2n) is 7.17. The van der Waals surface area contributed by atoms with E-state index in [9.17, 15) is 0 Å². The first kappa shape index (κ1) is 16.0. The maximum Gasteiger partial charge on any atom is 0.116 e. The average molecular weight is 371 g/mol. The van der Waals surface area contributed by atoms with Gasteiger partial charge >= 0.3 is 0 Å². The molecule has 2 heterocycles. The minimum absolute atomic E-state index is 0.944. The largest absolute Gasteiger partial charge is 0.306 e. The van der Waals surface area contributed by atoms with Crippen LogP contribution < -0.4 is 0 Å². The van der Waals surface area contributed by atoms with Gasteiger partial charge in [0.15, 0.2) is 0 Å². The zero-order valence-corrected chi connectivity index (χ0v) is 15.7. The van der Waals surface area contributed by atoms with Crippen molar-refractivity contribution >= 4 is 32.7 Å². The number of hydrogen-bond acceptors (Lipinski definition) is 2. The van der Waals surface area contributed by atoms with Crippen LogP contribution in [0.2, 0.25) is 0 Å². The molecule has 0 atom stereocenters. The number of para-hydroxylation sites is 1. The lowest BCUT2D eigenvalue weighted by atomic mass is 10.1. The Kier molecular flexibility index (Phi) is 3.47. The predicted molar refractivity (Wildman–Crippen MR) is 119 cm³/mol. The third-order valence-corrected chi connectivity index (χ3v) is 5.47. The smallest absolute Gasteiger partial charge is 0.116 e. The molecule has 0 radical (unpaired) electrons. The molecule has 0 aliphatic heterocycles. The molecule has 2 aromatic heterocycles. The summed E-state index contributed by atoms with van der Waals surface area (Å²) in [5, 5.41) is 3.57. The molecule has 0 aliphatic carbocycles. The van der Waals surface area contributed by atoms with Crippen molar-refractivity contribution in [1.82, 2.24) is 14.5 Å². The highest BCUT2D eigenvalue weighted by Gasteiger charge is 2.18. The molecule has 0 amide bonds. The van der Waals surface area contributed by atoms with Gasteiger partial charge < -0.3 is 4.57 Å². The molecule has 0 aliphatic rings. The van der Waals surface area contributed by atoms with Crippen LogP contribution in [-0.4, -0.2) is 14.5 Å². The summed E-state index contributed by atoms with van der Waals surface area (Å²) < 4.78 is 2.29. The van der Waals surface area contributed by atoms with Gasteiger partial charge in [0.2, 0.25) is 0 Å². The van der Waals surface area contributed by atoms with Crippen molar-refractivity contribution in [2.45, 2.75) is 0 Å². The Morgan fingerprint density at radius 2 is 1.28 bits per heavy atom. The highest BCUT2D eigenvalue weighted by Crippen LogP contribution is 2.37. The zero-order valence-electron chi connectivity index (χ0n) is 15.7. The fourth-order valence-electron chi connectivity index (χ4n) is 4.16. The van der Waals surface area contributed by atoms with Crippen molar-refractivity contribution in [2.24, 2.45) is 0 Å². The van der Waals surface area contributed by atoms with Crippen molar-refractivity contribution < 1.29 is 0 Å². The minimum atomic E-state index is 0.944. The predicted octanol–water partition coefficient (Wildman–Crippen LogP) is 6.39. The molecule has 29 heavy (non-hydrogen) atoms. The third kappa shape index (κ3) is 2.44. The summed E-state index contributed by atoms with van der Waals surface area (Å²) in [5.74, 6) is 0. The molecule has 0 N–H and O–H groups in total. The lowest BCUT2D eigenvalue weighted by Crippen LogP contribution is -1.97. The third-order valence-electron chi connectivity index (χ3n) is 5.47. The quantitative estimate of drug-likeness (QED) is 0.353. The van der Waals surface area contributed by atoms with E-state index >= 15 is 0 Å². The summed E-state index contributed by atoms with van der Waals surface area (Å²) in [5.41, 5.74) is 6.29. The van der Waals surface area contributed by atoms with E-state index in [1.54, 1.807) is 6.33 Å². The number of hydrogen-bond donors (Lipinski definition) is 0. The summed E-state index contributed by atoms with van der Waals surface area (Å²) in [6.45, 7) is 0. The van der Waals surface area contributed by atoms with Gasteiger partial charge in [0.25, 0.3) is 0 Å². The second-order valence-corrected chi connectivity index (χ2v) is 7.17. The van der Waals surface area contributed by atoms with E-state index in [1.807, 2.05) is 24.3 Å². The molecule has 0 bridgehead atoms. The van der Waals surface area contributed by atoms with Crippen molar-refractivity contribution in [1.29, 1.82) is 0 Å². The monoisotopic (exact) mass is 371 g/mol. The Morgan fingerprint density at radius 1 is 0.621 bits per heavy atom. The van der Waals surface area contributed by atoms with E-state index in [0.717, 1.165) is 38.9 Å². The molecule has 0 unspecified atom stereocenters. The second kappa shape index (κ2) is 6.28. The van der Waals surface area contributed by atoms with Crippen LogP contribution >= 0.6 is 0 Å². The van der Waals surface area contributed by atoms with Gasteiger partial charge in [0, 0.05) is 16.6 Å². The molecule has 0 spiro atoms. The first-order chi connectivity index (χ1) is 14.4. The Hall–Kier alpha value is -3.98. The van der Waals surface area contributed by atoms with E-state index < -0.39 is 0 Å². The topological polar surface area (TPSA) is 30.7 Å². The fourth-order valence-corrected chi connectivity index (χ4v) is 4.16. The van der Waals surface area contributed by atoms with Gasteiger partial charge in [-0.25, -0.2) is 9.97 Å². The summed E-state index contributed by atoms with van der Waals surface area (Å²) in [4.78, 5) is 9.41. The molecule has 0 saturated heterocycles. The molecule has 136 valence electrons. The highest BCUT2D eigenvalue weighted by atomic mass is 15.0. The van der Waals surface area contributed by atoms with Crippen LogP contribution in [0, 0.1) is 0 Å². The Bertz CT molecular complexity index is 1480. The van der Waals surface area contributed by atoms with Crippen LogP contribution in [0.25, 0.3) is 49.7 Å². The van der Waals surface area contributed by atoms with Crippen LogP contribution in [0.4, 0.5) is 0 Å². The number of nitrogens with zero attached hydrogens (tertiary/aromatic N) is 3. The summed E-state index contributed by atoms with van der Waals surface area (Å²) in [6, 6.07) is 33.8. The average Bonchev–Trinajstić information content (AvgIpc) is 3.12. The fraction of sp³-hybridized carbons (Fsp3) is 0. The molecule has 6 rings (SSSR count). The van der Waals surface area contributed by atoms with Gasteiger partial charge in [-0.2, -0.15) is 0 Å². The van der Waals surface area contributed by atoms with Gasteiger partial charge in [-0.15, -0.1) is 0 Å². The van der Waals surface area contributed by atoms with Gasteiger partial charge in [0.1, 0.15) is 11.8 Å². The van der Waals surface area contributed by atoms with Gasteiger partial charge in [-0.3, -0.25) is 0 Å². The number of fused-ring (bicyclic) bond motifs is 4. The van der Waals surface area contributed by atoms with Crippen LogP contribution in [0.3, 0.4) is 0 Å². The highest BCUT2D eigenvalue weighted by molar-refractivity contribution is 6.14. The molecule has 4 aromatic carbocycles. The summed E-state index contributed by atoms with van der Waals surface area (Å²) in [6.07, 6.45) is 1.68. The van der Waals surface area contributed by atoms with Crippen molar-refractivity contribution in [3.05, 3.63) is 103 Å². The van der Waals surface area contributed by atoms with Gasteiger partial charge in [-0.1, -0.05) is 72.8 Å². The van der Waals surface area contributed by atoms with Crippen LogP contribution in [0.15, 0.2) is 103 Å². The molecular formula is C26H17N3. The molecule has 3 nitrogen and oxygen atoms in total. The Morgan fingerprint density at radius 3 is 2.03 bits per heavy atom. The van der Waals surface area contributed by atoms with Gasteiger partial charge in [0.05, 0.1) is 16.7 Å². The normalized spacial score (nSPS) is 11.4. The Balaban J connectivity index is 1.85. The lowest BCUT2D eigenvalue weighted by molar-refractivity contribution is 1.15. The van der Waals surface area contributed by atoms with Crippen molar-refractivity contribution in [2.75, 3.05) is 0 Å². The first-order valence-corrected chi connectivity index (χ1v) is 9.69. The maximum atomic E-state index is 4.72. The molecule has 0 fully saturated rings. The molecular weight excluding hydrogens is 354 g/mol. The maximum absolute atomic E-state index is 4.72. The van der Waals surface area contributed by atoms with E-state index in [2.05, 4.69) is 77.4 Å². The zero-order chi connectivity index (χ0) is 19.2. The van der Waals surface area contributed by atoms with Crippen molar-refractivity contribution in [3.8, 4) is 16.9 Å². The Labute approximate surface area is 167 Å². The molecule has 6 aromatic rings. The lowest BCUT2D eigenvalue weighted by Gasteiger charge is -2.10.